The highest BCUT2D eigenvalue weighted by molar-refractivity contribution is 5.30. The van der Waals surface area contributed by atoms with Gasteiger partial charge in [0.2, 0.25) is 0 Å². The summed E-state index contributed by atoms with van der Waals surface area (Å²) in [6.07, 6.45) is 8.68. The number of hydrogen-bond donors (Lipinski definition) is 1. The third kappa shape index (κ3) is 5.59. The quantitative estimate of drug-likeness (QED) is 0.798. The average Bonchev–Trinajstić information content (AvgIpc) is 2.53. The Kier molecular flexibility index (Phi) is 6.89. The molecule has 5 heteroatoms. The van der Waals surface area contributed by atoms with E-state index in [0.717, 1.165) is 57.1 Å². The van der Waals surface area contributed by atoms with Crippen LogP contribution in [0, 0.1) is 0 Å². The van der Waals surface area contributed by atoms with E-state index < -0.39 is 0 Å². The van der Waals surface area contributed by atoms with Gasteiger partial charge in [-0.25, -0.2) is 4.98 Å². The predicted molar refractivity (Wildman–Crippen MR) is 85.4 cm³/mol. The highest BCUT2D eigenvalue weighted by Crippen LogP contribution is 2.15. The van der Waals surface area contributed by atoms with Crippen LogP contribution >= 0.6 is 0 Å². The molecule has 1 aliphatic heterocycles. The van der Waals surface area contributed by atoms with Crippen molar-refractivity contribution in [3.63, 3.8) is 0 Å². The molecule has 1 aliphatic rings. The number of likely N-dealkylation sites (tertiary alicyclic amines) is 1. The first-order chi connectivity index (χ1) is 10.3. The number of rotatable bonds is 8. The molecule has 1 aromatic rings. The number of piperidine rings is 1. The maximum absolute atomic E-state index is 5.88. The lowest BCUT2D eigenvalue weighted by molar-refractivity contribution is -0.00254. The van der Waals surface area contributed by atoms with Crippen molar-refractivity contribution in [1.82, 2.24) is 14.9 Å². The molecular weight excluding hydrogens is 264 g/mol. The molecule has 1 N–H and O–H groups in total. The van der Waals surface area contributed by atoms with E-state index in [1.165, 1.54) is 12.8 Å². The lowest BCUT2D eigenvalue weighted by Gasteiger charge is -2.32. The molecule has 0 aromatic carbocycles. The molecule has 0 aliphatic carbocycles. The Hall–Kier alpha value is -1.20. The minimum Gasteiger partial charge on any atom is -0.377 e. The number of nitrogens with zero attached hydrogens (tertiary/aromatic N) is 3. The van der Waals surface area contributed by atoms with Crippen LogP contribution in [0.1, 0.15) is 45.2 Å². The van der Waals surface area contributed by atoms with E-state index in [1.807, 2.05) is 12.4 Å². The fraction of sp³-hybridized carbons (Fsp3) is 0.750. The van der Waals surface area contributed by atoms with Crippen LogP contribution in [0.2, 0.25) is 0 Å². The first-order valence-electron chi connectivity index (χ1n) is 8.20. The zero-order chi connectivity index (χ0) is 14.9. The van der Waals surface area contributed by atoms with Crippen LogP contribution in [0.5, 0.6) is 0 Å². The smallest absolute Gasteiger partial charge is 0.144 e. The van der Waals surface area contributed by atoms with Gasteiger partial charge in [0.25, 0.3) is 0 Å². The third-order valence-corrected chi connectivity index (χ3v) is 3.67. The van der Waals surface area contributed by atoms with E-state index in [4.69, 9.17) is 4.74 Å². The van der Waals surface area contributed by atoms with Crippen molar-refractivity contribution >= 4 is 5.82 Å². The Morgan fingerprint density at radius 1 is 1.29 bits per heavy atom. The van der Waals surface area contributed by atoms with Crippen molar-refractivity contribution in [2.75, 3.05) is 31.6 Å². The van der Waals surface area contributed by atoms with E-state index in [9.17, 15) is 0 Å². The second-order valence-electron chi connectivity index (χ2n) is 5.69. The summed E-state index contributed by atoms with van der Waals surface area (Å²) in [5, 5.41) is 3.25. The Morgan fingerprint density at radius 2 is 2.19 bits per heavy atom. The fourth-order valence-corrected chi connectivity index (χ4v) is 2.59. The first kappa shape index (κ1) is 16.2. The van der Waals surface area contributed by atoms with Crippen molar-refractivity contribution in [1.29, 1.82) is 0 Å². The summed E-state index contributed by atoms with van der Waals surface area (Å²) in [4.78, 5) is 11.3. The lowest BCUT2D eigenvalue weighted by Crippen LogP contribution is -2.39. The Labute approximate surface area is 128 Å². The number of anilines is 1. The van der Waals surface area contributed by atoms with Gasteiger partial charge in [-0.2, -0.15) is 0 Å². The van der Waals surface area contributed by atoms with Crippen LogP contribution in [0.3, 0.4) is 0 Å². The minimum atomic E-state index is 0.386. The molecule has 0 bridgehead atoms. The SMILES string of the molecule is CCCNc1cnc(CN2CCCC(OCCC)C2)cn1. The second-order valence-corrected chi connectivity index (χ2v) is 5.69. The monoisotopic (exact) mass is 292 g/mol. The molecule has 0 spiro atoms. The van der Waals surface area contributed by atoms with E-state index in [-0.39, 0.29) is 0 Å². The fourth-order valence-electron chi connectivity index (χ4n) is 2.59. The average molecular weight is 292 g/mol. The zero-order valence-corrected chi connectivity index (χ0v) is 13.3. The normalized spacial score (nSPS) is 19.6. The van der Waals surface area contributed by atoms with Gasteiger partial charge < -0.3 is 10.1 Å². The van der Waals surface area contributed by atoms with E-state index >= 15 is 0 Å². The summed E-state index contributed by atoms with van der Waals surface area (Å²) in [6, 6.07) is 0. The minimum absolute atomic E-state index is 0.386. The van der Waals surface area contributed by atoms with Gasteiger partial charge in [0, 0.05) is 26.2 Å². The number of ether oxygens (including phenoxy) is 1. The van der Waals surface area contributed by atoms with Crippen molar-refractivity contribution < 1.29 is 4.74 Å². The number of aromatic nitrogens is 2. The Balaban J connectivity index is 1.80. The van der Waals surface area contributed by atoms with Crippen LogP contribution in [0.25, 0.3) is 0 Å². The Morgan fingerprint density at radius 3 is 2.90 bits per heavy atom. The number of hydrogen-bond acceptors (Lipinski definition) is 5. The van der Waals surface area contributed by atoms with Crippen LogP contribution in [-0.4, -0.2) is 47.2 Å². The molecule has 0 saturated carbocycles. The van der Waals surface area contributed by atoms with Gasteiger partial charge in [0.1, 0.15) is 5.82 Å². The number of nitrogens with one attached hydrogen (secondary N) is 1. The molecule has 1 unspecified atom stereocenters. The topological polar surface area (TPSA) is 50.3 Å². The molecule has 0 radical (unpaired) electrons. The van der Waals surface area contributed by atoms with Crippen molar-refractivity contribution in [2.24, 2.45) is 0 Å². The predicted octanol–water partition coefficient (Wildman–Crippen LogP) is 2.69. The summed E-state index contributed by atoms with van der Waals surface area (Å²) in [5.74, 6) is 0.864. The van der Waals surface area contributed by atoms with Gasteiger partial charge in [-0.05, 0) is 32.2 Å². The molecule has 2 rings (SSSR count). The molecule has 2 heterocycles. The van der Waals surface area contributed by atoms with E-state index in [0.29, 0.717) is 6.10 Å². The molecule has 1 fully saturated rings. The van der Waals surface area contributed by atoms with Gasteiger partial charge in [-0.15, -0.1) is 0 Å². The van der Waals surface area contributed by atoms with Crippen LogP contribution in [0.15, 0.2) is 12.4 Å². The standard InChI is InChI=1S/C16H28N4O/c1-3-7-17-16-11-18-14(10-19-16)12-20-8-5-6-15(13-20)21-9-4-2/h10-11,15H,3-9,12-13H2,1-2H3,(H,17,19). The molecule has 1 saturated heterocycles. The van der Waals surface area contributed by atoms with E-state index in [1.54, 1.807) is 0 Å². The summed E-state index contributed by atoms with van der Waals surface area (Å²) in [6.45, 7) is 9.12. The molecule has 1 aromatic heterocycles. The first-order valence-corrected chi connectivity index (χ1v) is 8.20. The largest absolute Gasteiger partial charge is 0.377 e. The zero-order valence-electron chi connectivity index (χ0n) is 13.3. The molecule has 0 amide bonds. The highest BCUT2D eigenvalue weighted by Gasteiger charge is 2.20. The molecule has 5 nitrogen and oxygen atoms in total. The van der Waals surface area contributed by atoms with Gasteiger partial charge in [-0.1, -0.05) is 13.8 Å². The van der Waals surface area contributed by atoms with E-state index in [2.05, 4.69) is 34.0 Å². The third-order valence-electron chi connectivity index (χ3n) is 3.67. The Bertz CT molecular complexity index is 396. The summed E-state index contributed by atoms with van der Waals surface area (Å²) in [7, 11) is 0. The van der Waals surface area contributed by atoms with Gasteiger partial charge >= 0.3 is 0 Å². The van der Waals surface area contributed by atoms with Crippen molar-refractivity contribution in [3.05, 3.63) is 18.1 Å². The lowest BCUT2D eigenvalue weighted by atomic mass is 10.1. The molecule has 118 valence electrons. The molecular formula is C16H28N4O. The maximum atomic E-state index is 5.88. The van der Waals surface area contributed by atoms with Crippen molar-refractivity contribution in [2.45, 2.75) is 52.2 Å². The van der Waals surface area contributed by atoms with Crippen LogP contribution < -0.4 is 5.32 Å². The molecule has 1 atom stereocenters. The summed E-state index contributed by atoms with van der Waals surface area (Å²) in [5.41, 5.74) is 1.04. The van der Waals surface area contributed by atoms with Crippen molar-refractivity contribution in [3.8, 4) is 0 Å². The van der Waals surface area contributed by atoms with Crippen LogP contribution in [0.4, 0.5) is 5.82 Å². The second kappa shape index (κ2) is 8.95. The van der Waals surface area contributed by atoms with Gasteiger partial charge in [-0.3, -0.25) is 9.88 Å². The van der Waals surface area contributed by atoms with Gasteiger partial charge in [0.15, 0.2) is 0 Å². The van der Waals surface area contributed by atoms with Crippen LogP contribution in [-0.2, 0) is 11.3 Å². The maximum Gasteiger partial charge on any atom is 0.144 e. The summed E-state index contributed by atoms with van der Waals surface area (Å²) >= 11 is 0. The summed E-state index contributed by atoms with van der Waals surface area (Å²) < 4.78 is 5.88. The molecule has 21 heavy (non-hydrogen) atoms. The van der Waals surface area contributed by atoms with Gasteiger partial charge in [0.05, 0.1) is 24.2 Å². The highest BCUT2D eigenvalue weighted by atomic mass is 16.5.